The smallest absolute Gasteiger partial charge is 0.235 e. The molecule has 2 aliphatic rings. The Morgan fingerprint density at radius 2 is 1.81 bits per heavy atom. The average Bonchev–Trinajstić information content (AvgIpc) is 3.59. The third-order valence-electron chi connectivity index (χ3n) is 8.04. The number of hydrogen-bond donors (Lipinski definition) is 1. The van der Waals surface area contributed by atoms with Crippen molar-refractivity contribution in [2.75, 3.05) is 12.4 Å². The van der Waals surface area contributed by atoms with Crippen LogP contribution in [0.15, 0.2) is 65.2 Å². The van der Waals surface area contributed by atoms with Crippen LogP contribution in [-0.4, -0.2) is 18.2 Å². The molecule has 6 heteroatoms. The Kier molecular flexibility index (Phi) is 6.04. The van der Waals surface area contributed by atoms with Crippen LogP contribution in [-0.2, 0) is 23.1 Å². The fourth-order valence-corrected chi connectivity index (χ4v) is 6.03. The Balaban J connectivity index is 1.32. The summed E-state index contributed by atoms with van der Waals surface area (Å²) < 4.78 is 11.3. The molecule has 3 aromatic carbocycles. The molecule has 6 rings (SSSR count). The quantitative estimate of drug-likeness (QED) is 0.300. The number of rotatable bonds is 5. The number of ether oxygens (including phenoxy) is 1. The van der Waals surface area contributed by atoms with Crippen molar-refractivity contribution in [1.82, 2.24) is 5.16 Å². The molecule has 1 saturated carbocycles. The predicted octanol–water partition coefficient (Wildman–Crippen LogP) is 7.53. The van der Waals surface area contributed by atoms with Crippen LogP contribution in [0.25, 0.3) is 22.6 Å². The van der Waals surface area contributed by atoms with Gasteiger partial charge in [-0.05, 0) is 85.7 Å². The summed E-state index contributed by atoms with van der Waals surface area (Å²) in [6, 6.07) is 19.9. The molecule has 0 saturated heterocycles. The van der Waals surface area contributed by atoms with Gasteiger partial charge in [-0.25, -0.2) is 0 Å². The Hall–Kier alpha value is -3.57. The summed E-state index contributed by atoms with van der Waals surface area (Å²) in [6.07, 6.45) is 5.47. The van der Waals surface area contributed by atoms with E-state index in [2.05, 4.69) is 22.6 Å². The number of aryl methyl sites for hydroxylation is 2. The Bertz CT molecular complexity index is 1480. The van der Waals surface area contributed by atoms with Gasteiger partial charge >= 0.3 is 0 Å². The van der Waals surface area contributed by atoms with Crippen molar-refractivity contribution in [1.29, 1.82) is 0 Å². The summed E-state index contributed by atoms with van der Waals surface area (Å²) in [6.45, 7) is 2.02. The zero-order valence-corrected chi connectivity index (χ0v) is 21.8. The SMILES string of the molecule is COc1ccc2c(c1)CCc1c-2noc1-c1ccc(C)c(NC(=O)C2(c3ccc(Cl)cc3)CCCC2)c1. The molecule has 0 bridgehead atoms. The molecule has 1 aromatic heterocycles. The zero-order valence-electron chi connectivity index (χ0n) is 21.1. The van der Waals surface area contributed by atoms with E-state index in [9.17, 15) is 4.79 Å². The highest BCUT2D eigenvalue weighted by atomic mass is 35.5. The summed E-state index contributed by atoms with van der Waals surface area (Å²) in [5.41, 5.74) is 7.50. The van der Waals surface area contributed by atoms with E-state index in [1.165, 1.54) is 5.56 Å². The van der Waals surface area contributed by atoms with Crippen LogP contribution in [0.1, 0.15) is 47.9 Å². The lowest BCUT2D eigenvalue weighted by Crippen LogP contribution is -2.38. The molecule has 0 aliphatic heterocycles. The fourth-order valence-electron chi connectivity index (χ4n) is 5.91. The molecule has 0 spiro atoms. The molecular weight excluding hydrogens is 484 g/mol. The second kappa shape index (κ2) is 9.38. The maximum absolute atomic E-state index is 13.8. The standard InChI is InChI=1S/C31H29ClN2O3/c1-19-5-6-21(29-26-13-7-20-17-24(36-2)12-14-25(20)28(26)34-37-29)18-27(19)33-30(35)31(15-3-4-16-31)22-8-10-23(32)11-9-22/h5-6,8-12,14,17-18H,3-4,7,13,15-16H2,1-2H3,(H,33,35). The first kappa shape index (κ1) is 23.8. The first-order chi connectivity index (χ1) is 18.0. The molecule has 2 aliphatic carbocycles. The summed E-state index contributed by atoms with van der Waals surface area (Å²) in [5.74, 6) is 1.65. The van der Waals surface area contributed by atoms with Crippen LogP contribution < -0.4 is 10.1 Å². The minimum absolute atomic E-state index is 0.0371. The fraction of sp³-hybridized carbons (Fsp3) is 0.290. The topological polar surface area (TPSA) is 64.4 Å². The molecular formula is C31H29ClN2O3. The Labute approximate surface area is 221 Å². The number of nitrogens with zero attached hydrogens (tertiary/aromatic N) is 1. The van der Waals surface area contributed by atoms with Crippen molar-refractivity contribution >= 4 is 23.2 Å². The largest absolute Gasteiger partial charge is 0.497 e. The van der Waals surface area contributed by atoms with Crippen molar-refractivity contribution in [2.24, 2.45) is 0 Å². The Morgan fingerprint density at radius 3 is 2.57 bits per heavy atom. The van der Waals surface area contributed by atoms with E-state index in [0.29, 0.717) is 5.02 Å². The summed E-state index contributed by atoms with van der Waals surface area (Å²) in [5, 5.41) is 8.40. The molecule has 5 nitrogen and oxygen atoms in total. The number of benzene rings is 3. The molecule has 0 atom stereocenters. The second-order valence-electron chi connectivity index (χ2n) is 10.1. The summed E-state index contributed by atoms with van der Waals surface area (Å²) >= 11 is 6.13. The van der Waals surface area contributed by atoms with E-state index in [-0.39, 0.29) is 5.91 Å². The number of hydrogen-bond acceptors (Lipinski definition) is 4. The van der Waals surface area contributed by atoms with Gasteiger partial charge in [0.2, 0.25) is 5.91 Å². The van der Waals surface area contributed by atoms with Crippen molar-refractivity contribution in [3.05, 3.63) is 87.9 Å². The van der Waals surface area contributed by atoms with E-state index in [0.717, 1.165) is 89.2 Å². The van der Waals surface area contributed by atoms with Gasteiger partial charge in [-0.1, -0.05) is 53.9 Å². The summed E-state index contributed by atoms with van der Waals surface area (Å²) in [7, 11) is 1.68. The van der Waals surface area contributed by atoms with E-state index in [1.807, 2.05) is 55.5 Å². The second-order valence-corrected chi connectivity index (χ2v) is 10.6. The number of anilines is 1. The van der Waals surface area contributed by atoms with Gasteiger partial charge in [0, 0.05) is 27.4 Å². The lowest BCUT2D eigenvalue weighted by atomic mass is 9.78. The minimum atomic E-state index is -0.538. The predicted molar refractivity (Wildman–Crippen MR) is 146 cm³/mol. The van der Waals surface area contributed by atoms with Crippen LogP contribution in [0.4, 0.5) is 5.69 Å². The Morgan fingerprint density at radius 1 is 1.03 bits per heavy atom. The molecule has 188 valence electrons. The van der Waals surface area contributed by atoms with Gasteiger partial charge in [0.15, 0.2) is 5.76 Å². The third-order valence-corrected chi connectivity index (χ3v) is 8.29. The van der Waals surface area contributed by atoms with Crippen molar-refractivity contribution in [3.8, 4) is 28.3 Å². The number of fused-ring (bicyclic) bond motifs is 3. The van der Waals surface area contributed by atoms with Crippen molar-refractivity contribution < 1.29 is 14.1 Å². The summed E-state index contributed by atoms with van der Waals surface area (Å²) in [4.78, 5) is 13.8. The van der Waals surface area contributed by atoms with E-state index in [4.69, 9.17) is 20.9 Å². The van der Waals surface area contributed by atoms with Gasteiger partial charge in [-0.2, -0.15) is 0 Å². The third kappa shape index (κ3) is 4.11. The molecule has 4 aromatic rings. The highest BCUT2D eigenvalue weighted by Gasteiger charge is 2.42. The van der Waals surface area contributed by atoms with Gasteiger partial charge in [0.25, 0.3) is 0 Å². The monoisotopic (exact) mass is 512 g/mol. The number of halogens is 1. The molecule has 1 fully saturated rings. The van der Waals surface area contributed by atoms with Crippen LogP contribution in [0.3, 0.4) is 0 Å². The molecule has 1 heterocycles. The normalized spacial score (nSPS) is 15.6. The van der Waals surface area contributed by atoms with Crippen LogP contribution in [0.5, 0.6) is 5.75 Å². The average molecular weight is 513 g/mol. The van der Waals surface area contributed by atoms with Crippen molar-refractivity contribution in [3.63, 3.8) is 0 Å². The van der Waals surface area contributed by atoms with E-state index in [1.54, 1.807) is 7.11 Å². The highest BCUT2D eigenvalue weighted by Crippen LogP contribution is 2.44. The van der Waals surface area contributed by atoms with Gasteiger partial charge in [0.1, 0.15) is 11.4 Å². The zero-order chi connectivity index (χ0) is 25.6. The maximum atomic E-state index is 13.8. The lowest BCUT2D eigenvalue weighted by molar-refractivity contribution is -0.121. The van der Waals surface area contributed by atoms with Gasteiger partial charge < -0.3 is 14.6 Å². The maximum Gasteiger partial charge on any atom is 0.235 e. The van der Waals surface area contributed by atoms with Gasteiger partial charge in [0.05, 0.1) is 12.5 Å². The van der Waals surface area contributed by atoms with Gasteiger partial charge in [-0.3, -0.25) is 4.79 Å². The molecule has 37 heavy (non-hydrogen) atoms. The molecule has 1 amide bonds. The number of carbonyl (C=O) groups is 1. The van der Waals surface area contributed by atoms with Crippen LogP contribution >= 0.6 is 11.6 Å². The number of nitrogens with one attached hydrogen (secondary N) is 1. The lowest BCUT2D eigenvalue weighted by Gasteiger charge is -2.29. The van der Waals surface area contributed by atoms with Crippen LogP contribution in [0, 0.1) is 6.92 Å². The molecule has 1 N–H and O–H groups in total. The highest BCUT2D eigenvalue weighted by molar-refractivity contribution is 6.30. The first-order valence-corrected chi connectivity index (χ1v) is 13.2. The number of aromatic nitrogens is 1. The molecule has 0 radical (unpaired) electrons. The number of carbonyl (C=O) groups excluding carboxylic acids is 1. The van der Waals surface area contributed by atoms with E-state index >= 15 is 0 Å². The van der Waals surface area contributed by atoms with Crippen LogP contribution in [0.2, 0.25) is 5.02 Å². The number of methoxy groups -OCH3 is 1. The van der Waals surface area contributed by atoms with E-state index < -0.39 is 5.41 Å². The van der Waals surface area contributed by atoms with Gasteiger partial charge in [-0.15, -0.1) is 0 Å². The van der Waals surface area contributed by atoms with Crippen molar-refractivity contribution in [2.45, 2.75) is 50.9 Å². The first-order valence-electron chi connectivity index (χ1n) is 12.8. The number of amides is 1. The molecule has 0 unspecified atom stereocenters. The minimum Gasteiger partial charge on any atom is -0.497 e.